The molecule has 2 aliphatic rings. The maximum absolute atomic E-state index is 14.4. The number of hydrogen-bond acceptors (Lipinski definition) is 3. The van der Waals surface area contributed by atoms with Gasteiger partial charge in [0, 0.05) is 24.3 Å². The van der Waals surface area contributed by atoms with Crippen LogP contribution in [0.5, 0.6) is 5.88 Å². The van der Waals surface area contributed by atoms with Crippen LogP contribution in [-0.2, 0) is 6.54 Å². The number of nitrogens with zero attached hydrogens (tertiary/aromatic N) is 1. The van der Waals surface area contributed by atoms with E-state index in [0.29, 0.717) is 24.1 Å². The van der Waals surface area contributed by atoms with Gasteiger partial charge in [-0.2, -0.15) is 0 Å². The number of nitrogens with one attached hydrogen (secondary N) is 1. The van der Waals surface area contributed by atoms with Crippen molar-refractivity contribution in [2.45, 2.75) is 64.1 Å². The molecule has 2 unspecified atom stereocenters. The molecule has 0 aliphatic heterocycles. The van der Waals surface area contributed by atoms with Gasteiger partial charge in [0.2, 0.25) is 0 Å². The summed E-state index contributed by atoms with van der Waals surface area (Å²) in [5.74, 6) is 0.551. The summed E-state index contributed by atoms with van der Waals surface area (Å²) in [6.45, 7) is 2.80. The molecule has 0 bridgehead atoms. The average Bonchev–Trinajstić information content (AvgIpc) is 3.24. The lowest BCUT2D eigenvalue weighted by Gasteiger charge is -2.27. The Morgan fingerprint density at radius 1 is 1.35 bits per heavy atom. The van der Waals surface area contributed by atoms with Gasteiger partial charge in [-0.05, 0) is 44.1 Å². The van der Waals surface area contributed by atoms with Gasteiger partial charge in [0.25, 0.3) is 5.88 Å². The van der Waals surface area contributed by atoms with E-state index in [1.807, 2.05) is 0 Å². The van der Waals surface area contributed by atoms with Crippen LogP contribution in [0.4, 0.5) is 4.39 Å². The predicted molar refractivity (Wildman–Crippen MR) is 76.1 cm³/mol. The van der Waals surface area contributed by atoms with Crippen LogP contribution >= 0.6 is 0 Å². The highest BCUT2D eigenvalue weighted by atomic mass is 19.1. The quantitative estimate of drug-likeness (QED) is 0.896. The van der Waals surface area contributed by atoms with Crippen molar-refractivity contribution in [1.29, 1.82) is 0 Å². The molecule has 110 valence electrons. The van der Waals surface area contributed by atoms with Gasteiger partial charge in [-0.1, -0.05) is 13.3 Å². The van der Waals surface area contributed by atoms with Gasteiger partial charge in [0.15, 0.2) is 5.82 Å². The smallest absolute Gasteiger partial charge is 0.250 e. The number of hydrogen-bond donors (Lipinski definition) is 1. The van der Waals surface area contributed by atoms with Gasteiger partial charge in [-0.15, -0.1) is 0 Å². The second-order valence-corrected chi connectivity index (χ2v) is 6.26. The monoisotopic (exact) mass is 278 g/mol. The molecule has 2 saturated carbocycles. The molecule has 4 heteroatoms. The van der Waals surface area contributed by atoms with Crippen LogP contribution in [0.1, 0.15) is 51.0 Å². The van der Waals surface area contributed by atoms with E-state index in [0.717, 1.165) is 19.3 Å². The van der Waals surface area contributed by atoms with Crippen molar-refractivity contribution in [3.63, 3.8) is 0 Å². The molecular weight excluding hydrogens is 255 g/mol. The summed E-state index contributed by atoms with van der Waals surface area (Å²) in [6.07, 6.45) is 8.60. The second kappa shape index (κ2) is 6.08. The number of rotatable bonds is 5. The first-order valence-corrected chi connectivity index (χ1v) is 7.76. The summed E-state index contributed by atoms with van der Waals surface area (Å²) in [7, 11) is 0. The summed E-state index contributed by atoms with van der Waals surface area (Å²) in [5.41, 5.74) is 0.658. The highest BCUT2D eigenvalue weighted by Crippen LogP contribution is 2.28. The fourth-order valence-electron chi connectivity index (χ4n) is 2.87. The first kappa shape index (κ1) is 13.8. The lowest BCUT2D eigenvalue weighted by atomic mass is 9.89. The minimum Gasteiger partial charge on any atom is -0.472 e. The Hall–Kier alpha value is -1.16. The maximum atomic E-state index is 14.4. The SMILES string of the molecule is CC1CCCC(Oc2nccc(CNC3CC3)c2F)C1. The van der Waals surface area contributed by atoms with Gasteiger partial charge >= 0.3 is 0 Å². The molecule has 3 rings (SSSR count). The Kier molecular flexibility index (Phi) is 4.20. The minimum atomic E-state index is -0.293. The molecule has 1 aromatic heterocycles. The highest BCUT2D eigenvalue weighted by molar-refractivity contribution is 5.24. The topological polar surface area (TPSA) is 34.1 Å². The third-order valence-electron chi connectivity index (χ3n) is 4.26. The van der Waals surface area contributed by atoms with Crippen molar-refractivity contribution in [1.82, 2.24) is 10.3 Å². The Bertz CT molecular complexity index is 462. The molecule has 0 amide bonds. The molecule has 0 radical (unpaired) electrons. The standard InChI is InChI=1S/C16H23FN2O/c1-11-3-2-4-14(9-11)20-16-15(17)12(7-8-18-16)10-19-13-5-6-13/h7-8,11,13-14,19H,2-6,9-10H2,1H3. The Labute approximate surface area is 119 Å². The molecule has 1 aromatic rings. The third-order valence-corrected chi connectivity index (χ3v) is 4.26. The molecule has 1 N–H and O–H groups in total. The molecule has 0 spiro atoms. The van der Waals surface area contributed by atoms with E-state index in [1.54, 1.807) is 12.3 Å². The molecule has 0 aromatic carbocycles. The molecule has 1 heterocycles. The second-order valence-electron chi connectivity index (χ2n) is 6.26. The number of aromatic nitrogens is 1. The van der Waals surface area contributed by atoms with Crippen LogP contribution in [0.25, 0.3) is 0 Å². The van der Waals surface area contributed by atoms with Crippen LogP contribution < -0.4 is 10.1 Å². The van der Waals surface area contributed by atoms with Gasteiger partial charge in [-0.25, -0.2) is 9.37 Å². The van der Waals surface area contributed by atoms with Crippen molar-refractivity contribution in [3.05, 3.63) is 23.6 Å². The summed E-state index contributed by atoms with van der Waals surface area (Å²) in [5, 5.41) is 3.33. The van der Waals surface area contributed by atoms with Gasteiger partial charge in [0.1, 0.15) is 6.10 Å². The van der Waals surface area contributed by atoms with Crippen LogP contribution in [0, 0.1) is 11.7 Å². The molecular formula is C16H23FN2O. The zero-order valence-electron chi connectivity index (χ0n) is 12.1. The largest absolute Gasteiger partial charge is 0.472 e. The maximum Gasteiger partial charge on any atom is 0.250 e. The summed E-state index contributed by atoms with van der Waals surface area (Å²) < 4.78 is 20.2. The number of halogens is 1. The molecule has 2 aliphatic carbocycles. The van der Waals surface area contributed by atoms with Crippen molar-refractivity contribution in [2.24, 2.45) is 5.92 Å². The molecule has 2 atom stereocenters. The lowest BCUT2D eigenvalue weighted by Crippen LogP contribution is -2.25. The van der Waals surface area contributed by atoms with Crippen molar-refractivity contribution >= 4 is 0 Å². The summed E-state index contributed by atoms with van der Waals surface area (Å²) >= 11 is 0. The minimum absolute atomic E-state index is 0.118. The first-order chi connectivity index (χ1) is 9.72. The van der Waals surface area contributed by atoms with Gasteiger partial charge in [0.05, 0.1) is 0 Å². The predicted octanol–water partition coefficient (Wildman–Crippen LogP) is 3.43. The Morgan fingerprint density at radius 3 is 2.95 bits per heavy atom. The normalized spacial score (nSPS) is 26.5. The number of ether oxygens (including phenoxy) is 1. The zero-order chi connectivity index (χ0) is 13.9. The van der Waals surface area contributed by atoms with Gasteiger partial charge in [-0.3, -0.25) is 0 Å². The van der Waals surface area contributed by atoms with Crippen molar-refractivity contribution in [2.75, 3.05) is 0 Å². The Morgan fingerprint density at radius 2 is 2.20 bits per heavy atom. The first-order valence-electron chi connectivity index (χ1n) is 7.76. The third kappa shape index (κ3) is 3.48. The molecule has 0 saturated heterocycles. The van der Waals surface area contributed by atoms with E-state index >= 15 is 0 Å². The van der Waals surface area contributed by atoms with Crippen LogP contribution in [0.15, 0.2) is 12.3 Å². The fraction of sp³-hybridized carbons (Fsp3) is 0.688. The Balaban J connectivity index is 1.64. The van der Waals surface area contributed by atoms with E-state index in [9.17, 15) is 4.39 Å². The van der Waals surface area contributed by atoms with Crippen molar-refractivity contribution < 1.29 is 9.13 Å². The summed E-state index contributed by atoms with van der Waals surface area (Å²) in [4.78, 5) is 4.08. The van der Waals surface area contributed by atoms with E-state index in [2.05, 4.69) is 17.2 Å². The number of pyridine rings is 1. The summed E-state index contributed by atoms with van der Waals surface area (Å²) in [6, 6.07) is 2.31. The highest BCUT2D eigenvalue weighted by Gasteiger charge is 2.24. The van der Waals surface area contributed by atoms with Crippen LogP contribution in [0.2, 0.25) is 0 Å². The van der Waals surface area contributed by atoms with E-state index in [4.69, 9.17) is 4.74 Å². The van der Waals surface area contributed by atoms with Gasteiger partial charge < -0.3 is 10.1 Å². The van der Waals surface area contributed by atoms with Crippen LogP contribution in [0.3, 0.4) is 0 Å². The lowest BCUT2D eigenvalue weighted by molar-refractivity contribution is 0.118. The molecule has 20 heavy (non-hydrogen) atoms. The fourth-order valence-corrected chi connectivity index (χ4v) is 2.87. The molecule has 2 fully saturated rings. The van der Waals surface area contributed by atoms with Crippen LogP contribution in [-0.4, -0.2) is 17.1 Å². The van der Waals surface area contributed by atoms with Crippen molar-refractivity contribution in [3.8, 4) is 5.88 Å². The van der Waals surface area contributed by atoms with E-state index in [-0.39, 0.29) is 17.8 Å². The van der Waals surface area contributed by atoms with E-state index in [1.165, 1.54) is 19.3 Å². The average molecular weight is 278 g/mol. The molecule has 3 nitrogen and oxygen atoms in total. The zero-order valence-corrected chi connectivity index (χ0v) is 12.1. The van der Waals surface area contributed by atoms with E-state index < -0.39 is 0 Å².